The van der Waals surface area contributed by atoms with Crippen molar-refractivity contribution >= 4 is 23.3 Å². The number of ether oxygens (including phenoxy) is 1. The number of allylic oxidation sites excluding steroid dienone is 1. The van der Waals surface area contributed by atoms with Crippen LogP contribution >= 0.6 is 11.6 Å². The van der Waals surface area contributed by atoms with Crippen molar-refractivity contribution in [1.82, 2.24) is 4.98 Å². The third-order valence-electron chi connectivity index (χ3n) is 1.77. The summed E-state index contributed by atoms with van der Waals surface area (Å²) >= 11 is 5.82. The normalized spacial score (nSPS) is 9.73. The van der Waals surface area contributed by atoms with Gasteiger partial charge in [0.1, 0.15) is 0 Å². The van der Waals surface area contributed by atoms with Gasteiger partial charge < -0.3 is 10.5 Å². The van der Waals surface area contributed by atoms with E-state index in [0.717, 1.165) is 0 Å². The van der Waals surface area contributed by atoms with Crippen molar-refractivity contribution in [2.75, 3.05) is 12.8 Å². The largest absolute Gasteiger partial charge is 0.464 e. The predicted octanol–water partition coefficient (Wildman–Crippen LogP) is 1.83. The highest BCUT2D eigenvalue weighted by molar-refractivity contribution is 6.35. The van der Waals surface area contributed by atoms with E-state index >= 15 is 0 Å². The summed E-state index contributed by atoms with van der Waals surface area (Å²) in [6.45, 7) is 3.57. The zero-order valence-corrected chi connectivity index (χ0v) is 9.04. The molecule has 1 rings (SSSR count). The number of nitrogens with two attached hydrogens (primary N) is 1. The molecule has 0 unspecified atom stereocenters. The molecule has 0 spiro atoms. The van der Waals surface area contributed by atoms with Crippen LogP contribution in [0, 0.1) is 0 Å². The highest BCUT2D eigenvalue weighted by Crippen LogP contribution is 2.23. The lowest BCUT2D eigenvalue weighted by molar-refractivity contribution is 0.0594. The Balaban J connectivity index is 3.24. The van der Waals surface area contributed by atoms with E-state index in [4.69, 9.17) is 17.3 Å². The first kappa shape index (κ1) is 11.5. The molecular formula is C10H11ClN2O2. The van der Waals surface area contributed by atoms with Crippen molar-refractivity contribution in [3.05, 3.63) is 35.1 Å². The van der Waals surface area contributed by atoms with Crippen LogP contribution in [0.1, 0.15) is 16.2 Å². The fourth-order valence-electron chi connectivity index (χ4n) is 1.09. The summed E-state index contributed by atoms with van der Waals surface area (Å²) < 4.78 is 4.54. The molecule has 0 atom stereocenters. The van der Waals surface area contributed by atoms with Gasteiger partial charge in [-0.1, -0.05) is 17.7 Å². The lowest BCUT2D eigenvalue weighted by Crippen LogP contribution is -2.09. The number of pyridine rings is 1. The van der Waals surface area contributed by atoms with Crippen LogP contribution in [0.4, 0.5) is 5.69 Å². The van der Waals surface area contributed by atoms with Crippen LogP contribution in [0.2, 0.25) is 5.02 Å². The van der Waals surface area contributed by atoms with E-state index in [9.17, 15) is 4.79 Å². The number of nitrogens with zero attached hydrogens (tertiary/aromatic N) is 1. The first-order valence-electron chi connectivity index (χ1n) is 4.24. The summed E-state index contributed by atoms with van der Waals surface area (Å²) in [7, 11) is 1.26. The van der Waals surface area contributed by atoms with Crippen molar-refractivity contribution in [1.29, 1.82) is 0 Å². The van der Waals surface area contributed by atoms with E-state index < -0.39 is 5.97 Å². The molecule has 0 fully saturated rings. The van der Waals surface area contributed by atoms with E-state index in [2.05, 4.69) is 16.3 Å². The average molecular weight is 227 g/mol. The van der Waals surface area contributed by atoms with Crippen LogP contribution < -0.4 is 5.73 Å². The molecule has 0 aromatic carbocycles. The number of aromatic nitrogens is 1. The van der Waals surface area contributed by atoms with Crippen molar-refractivity contribution < 1.29 is 9.53 Å². The van der Waals surface area contributed by atoms with Gasteiger partial charge in [0, 0.05) is 12.1 Å². The molecule has 1 aromatic rings. The molecule has 0 aliphatic carbocycles. The van der Waals surface area contributed by atoms with Crippen LogP contribution in [-0.4, -0.2) is 18.1 Å². The van der Waals surface area contributed by atoms with Crippen molar-refractivity contribution in [2.24, 2.45) is 0 Å². The van der Waals surface area contributed by atoms with Gasteiger partial charge in [0.05, 0.1) is 17.8 Å². The minimum Gasteiger partial charge on any atom is -0.464 e. The second kappa shape index (κ2) is 4.79. The number of nitrogen functional groups attached to an aromatic ring is 1. The number of anilines is 1. The van der Waals surface area contributed by atoms with Gasteiger partial charge in [-0.25, -0.2) is 9.78 Å². The third kappa shape index (κ3) is 2.47. The minimum atomic E-state index is -0.599. The van der Waals surface area contributed by atoms with Gasteiger partial charge in [-0.2, -0.15) is 0 Å². The monoisotopic (exact) mass is 226 g/mol. The van der Waals surface area contributed by atoms with Crippen molar-refractivity contribution in [3.8, 4) is 0 Å². The maximum Gasteiger partial charge on any atom is 0.358 e. The second-order valence-corrected chi connectivity index (χ2v) is 3.23. The second-order valence-electron chi connectivity index (χ2n) is 2.85. The van der Waals surface area contributed by atoms with Gasteiger partial charge in [0.25, 0.3) is 0 Å². The first-order valence-corrected chi connectivity index (χ1v) is 4.62. The molecule has 0 amide bonds. The number of esters is 1. The zero-order valence-electron chi connectivity index (χ0n) is 8.29. The molecule has 0 aliphatic heterocycles. The maximum absolute atomic E-state index is 11.3. The Labute approximate surface area is 92.7 Å². The van der Waals surface area contributed by atoms with Gasteiger partial charge in [-0.05, 0) is 6.07 Å². The Bertz CT molecular complexity index is 405. The maximum atomic E-state index is 11.3. The Morgan fingerprint density at radius 3 is 3.00 bits per heavy atom. The lowest BCUT2D eigenvalue weighted by Gasteiger charge is -2.06. The molecule has 4 nitrogen and oxygen atoms in total. The van der Waals surface area contributed by atoms with E-state index in [-0.39, 0.29) is 10.7 Å². The molecule has 0 saturated heterocycles. The van der Waals surface area contributed by atoms with Gasteiger partial charge in [-0.15, -0.1) is 6.58 Å². The van der Waals surface area contributed by atoms with E-state index in [1.54, 1.807) is 12.1 Å². The molecule has 2 N–H and O–H groups in total. The molecule has 0 bridgehead atoms. The lowest BCUT2D eigenvalue weighted by atomic mass is 10.2. The molecule has 80 valence electrons. The summed E-state index contributed by atoms with van der Waals surface area (Å²) in [5.74, 6) is -0.599. The Morgan fingerprint density at radius 1 is 1.80 bits per heavy atom. The summed E-state index contributed by atoms with van der Waals surface area (Å²) in [6, 6.07) is 1.61. The van der Waals surface area contributed by atoms with Crippen molar-refractivity contribution in [2.45, 2.75) is 6.42 Å². The summed E-state index contributed by atoms with van der Waals surface area (Å²) in [6.07, 6.45) is 2.18. The van der Waals surface area contributed by atoms with Crippen LogP contribution in [0.5, 0.6) is 0 Å². The van der Waals surface area contributed by atoms with Gasteiger partial charge in [0.15, 0.2) is 5.69 Å². The average Bonchev–Trinajstić information content (AvgIpc) is 2.22. The summed E-state index contributed by atoms with van der Waals surface area (Å²) in [4.78, 5) is 15.3. The minimum absolute atomic E-state index is 0.0380. The van der Waals surface area contributed by atoms with Crippen LogP contribution in [0.15, 0.2) is 18.7 Å². The fourth-order valence-corrected chi connectivity index (χ4v) is 1.26. The first-order chi connectivity index (χ1) is 7.10. The molecule has 0 aliphatic rings. The number of hydrogen-bond donors (Lipinski definition) is 1. The van der Waals surface area contributed by atoms with Crippen molar-refractivity contribution in [3.63, 3.8) is 0 Å². The Kier molecular flexibility index (Phi) is 3.68. The predicted molar refractivity (Wildman–Crippen MR) is 58.9 cm³/mol. The Morgan fingerprint density at radius 2 is 2.47 bits per heavy atom. The van der Waals surface area contributed by atoms with Gasteiger partial charge in [0.2, 0.25) is 0 Å². The summed E-state index contributed by atoms with van der Waals surface area (Å²) in [5, 5.41) is 0.120. The van der Waals surface area contributed by atoms with E-state index in [0.29, 0.717) is 17.8 Å². The van der Waals surface area contributed by atoms with Crippen LogP contribution in [0.3, 0.4) is 0 Å². The number of rotatable bonds is 3. The molecule has 0 saturated carbocycles. The standard InChI is InChI=1S/C10H11ClN2O2/c1-3-4-6-5-7(12)8(11)9(13-6)10(14)15-2/h3,5H,1,4H2,2H3,(H2,12,13). The van der Waals surface area contributed by atoms with E-state index in [1.807, 2.05) is 0 Å². The third-order valence-corrected chi connectivity index (χ3v) is 2.17. The SMILES string of the molecule is C=CCc1cc(N)c(Cl)c(C(=O)OC)n1. The molecule has 0 radical (unpaired) electrons. The zero-order chi connectivity index (χ0) is 11.4. The number of halogens is 1. The Hall–Kier alpha value is -1.55. The number of carbonyl (C=O) groups is 1. The highest BCUT2D eigenvalue weighted by Gasteiger charge is 2.16. The van der Waals surface area contributed by atoms with Gasteiger partial charge >= 0.3 is 5.97 Å². The quantitative estimate of drug-likeness (QED) is 0.631. The molecule has 1 aromatic heterocycles. The number of methoxy groups -OCH3 is 1. The molecule has 5 heteroatoms. The number of hydrogen-bond acceptors (Lipinski definition) is 4. The molecular weight excluding hydrogens is 216 g/mol. The fraction of sp³-hybridized carbons (Fsp3) is 0.200. The summed E-state index contributed by atoms with van der Waals surface area (Å²) in [5.41, 5.74) is 6.61. The number of carbonyl (C=O) groups excluding carboxylic acids is 1. The topological polar surface area (TPSA) is 65.2 Å². The van der Waals surface area contributed by atoms with Crippen LogP contribution in [-0.2, 0) is 11.2 Å². The molecule has 1 heterocycles. The van der Waals surface area contributed by atoms with E-state index in [1.165, 1.54) is 7.11 Å². The smallest absolute Gasteiger partial charge is 0.358 e. The molecule has 15 heavy (non-hydrogen) atoms. The van der Waals surface area contributed by atoms with Gasteiger partial charge in [-0.3, -0.25) is 0 Å². The van der Waals surface area contributed by atoms with Crippen LogP contribution in [0.25, 0.3) is 0 Å². The highest BCUT2D eigenvalue weighted by atomic mass is 35.5.